The second-order valence-electron chi connectivity index (χ2n) is 4.97. The Morgan fingerprint density at radius 3 is 2.48 bits per heavy atom. The van der Waals surface area contributed by atoms with Gasteiger partial charge >= 0.3 is 0 Å². The lowest BCUT2D eigenvalue weighted by Crippen LogP contribution is -1.93. The van der Waals surface area contributed by atoms with Gasteiger partial charge in [0.25, 0.3) is 5.69 Å². The molecule has 0 radical (unpaired) electrons. The first-order valence-corrected chi connectivity index (χ1v) is 6.99. The molecular weight excluding hydrogens is 264 g/mol. The van der Waals surface area contributed by atoms with Gasteiger partial charge in [0, 0.05) is 12.3 Å². The maximum Gasteiger partial charge on any atom is 0.278 e. The summed E-state index contributed by atoms with van der Waals surface area (Å²) in [5.41, 5.74) is 2.65. The molecule has 0 heterocycles. The normalized spacial score (nSPS) is 12.5. The van der Waals surface area contributed by atoms with Gasteiger partial charge in [-0.05, 0) is 36.1 Å². The van der Waals surface area contributed by atoms with Crippen LogP contribution in [0, 0.1) is 10.1 Å². The Morgan fingerprint density at radius 1 is 1.19 bits per heavy atom. The van der Waals surface area contributed by atoms with Gasteiger partial charge in [-0.3, -0.25) is 15.1 Å². The third-order valence-corrected chi connectivity index (χ3v) is 3.56. The van der Waals surface area contributed by atoms with Crippen LogP contribution in [0.15, 0.2) is 53.5 Å². The summed E-state index contributed by atoms with van der Waals surface area (Å²) in [7, 11) is 0. The van der Waals surface area contributed by atoms with E-state index in [1.807, 2.05) is 12.1 Å². The molecule has 2 rings (SSSR count). The molecule has 0 fully saturated rings. The Morgan fingerprint density at radius 2 is 1.86 bits per heavy atom. The molecule has 2 aromatic rings. The van der Waals surface area contributed by atoms with E-state index in [9.17, 15) is 10.1 Å². The number of hydrogen-bond acceptors (Lipinski definition) is 3. The maximum atomic E-state index is 10.9. The van der Waals surface area contributed by atoms with Gasteiger partial charge in [-0.15, -0.1) is 0 Å². The second kappa shape index (κ2) is 6.79. The topological polar surface area (TPSA) is 55.5 Å². The van der Waals surface area contributed by atoms with Crippen molar-refractivity contribution >= 4 is 17.6 Å². The highest BCUT2D eigenvalue weighted by molar-refractivity contribution is 5.86. The monoisotopic (exact) mass is 282 g/mol. The van der Waals surface area contributed by atoms with E-state index < -0.39 is 4.92 Å². The van der Waals surface area contributed by atoms with Crippen LogP contribution in [0.25, 0.3) is 0 Å². The maximum absolute atomic E-state index is 10.9. The van der Waals surface area contributed by atoms with Gasteiger partial charge in [0.15, 0.2) is 0 Å². The lowest BCUT2D eigenvalue weighted by atomic mass is 9.99. The van der Waals surface area contributed by atoms with Crippen molar-refractivity contribution in [1.29, 1.82) is 0 Å². The van der Waals surface area contributed by atoms with Crippen molar-refractivity contribution in [3.8, 4) is 0 Å². The highest BCUT2D eigenvalue weighted by Gasteiger charge is 2.09. The fourth-order valence-corrected chi connectivity index (χ4v) is 2.03. The standard InChI is InChI=1S/C17H18N2O2/c1-3-13(2)14-8-10-16(11-9-14)18-12-15-6-4-5-7-17(15)19(20)21/h4-13H,3H2,1-2H3. The third kappa shape index (κ3) is 3.75. The van der Waals surface area contributed by atoms with E-state index in [-0.39, 0.29) is 5.69 Å². The molecule has 0 saturated carbocycles. The number of nitro benzene ring substituents is 1. The molecule has 21 heavy (non-hydrogen) atoms. The Bertz CT molecular complexity index is 648. The van der Waals surface area contributed by atoms with Crippen LogP contribution in [0.2, 0.25) is 0 Å². The minimum atomic E-state index is -0.395. The van der Waals surface area contributed by atoms with E-state index in [2.05, 4.69) is 31.0 Å². The first-order chi connectivity index (χ1) is 10.1. The minimum absolute atomic E-state index is 0.0671. The summed E-state index contributed by atoms with van der Waals surface area (Å²) < 4.78 is 0. The molecule has 0 spiro atoms. The number of nitrogens with zero attached hydrogens (tertiary/aromatic N) is 2. The Balaban J connectivity index is 2.20. The van der Waals surface area contributed by atoms with E-state index in [1.165, 1.54) is 17.8 Å². The number of para-hydroxylation sites is 1. The third-order valence-electron chi connectivity index (χ3n) is 3.56. The molecule has 1 unspecified atom stereocenters. The Labute approximate surface area is 124 Å². The molecule has 0 aliphatic heterocycles. The number of aliphatic imine (C=N–C) groups is 1. The first-order valence-electron chi connectivity index (χ1n) is 6.99. The molecule has 0 N–H and O–H groups in total. The van der Waals surface area contributed by atoms with Crippen LogP contribution in [0.4, 0.5) is 11.4 Å². The highest BCUT2D eigenvalue weighted by Crippen LogP contribution is 2.22. The molecule has 4 nitrogen and oxygen atoms in total. The molecule has 0 aromatic heterocycles. The Hall–Kier alpha value is -2.49. The van der Waals surface area contributed by atoms with E-state index in [0.717, 1.165) is 12.1 Å². The number of hydrogen-bond donors (Lipinski definition) is 0. The summed E-state index contributed by atoms with van der Waals surface area (Å²) >= 11 is 0. The zero-order valence-corrected chi connectivity index (χ0v) is 12.2. The van der Waals surface area contributed by atoms with Crippen molar-refractivity contribution in [2.45, 2.75) is 26.2 Å². The van der Waals surface area contributed by atoms with Crippen LogP contribution in [0.3, 0.4) is 0 Å². The fraction of sp³-hybridized carbons (Fsp3) is 0.235. The molecule has 4 heteroatoms. The molecule has 0 aliphatic rings. The van der Waals surface area contributed by atoms with E-state index in [0.29, 0.717) is 11.5 Å². The number of benzene rings is 2. The van der Waals surface area contributed by atoms with Crippen molar-refractivity contribution < 1.29 is 4.92 Å². The van der Waals surface area contributed by atoms with Crippen LogP contribution in [0.1, 0.15) is 37.3 Å². The quantitative estimate of drug-likeness (QED) is 0.447. The molecule has 0 amide bonds. The first kappa shape index (κ1) is 14.9. The molecular formula is C17H18N2O2. The summed E-state index contributed by atoms with van der Waals surface area (Å²) in [5, 5.41) is 10.9. The average Bonchev–Trinajstić information content (AvgIpc) is 2.52. The summed E-state index contributed by atoms with van der Waals surface area (Å²) in [6.45, 7) is 4.34. The summed E-state index contributed by atoms with van der Waals surface area (Å²) in [4.78, 5) is 14.9. The molecule has 0 bridgehead atoms. The van der Waals surface area contributed by atoms with Crippen LogP contribution in [-0.4, -0.2) is 11.1 Å². The van der Waals surface area contributed by atoms with Crippen molar-refractivity contribution in [3.63, 3.8) is 0 Å². The van der Waals surface area contributed by atoms with Gasteiger partial charge in [0.1, 0.15) is 0 Å². The summed E-state index contributed by atoms with van der Waals surface area (Å²) in [5.74, 6) is 0.526. The van der Waals surface area contributed by atoms with E-state index in [4.69, 9.17) is 0 Å². The van der Waals surface area contributed by atoms with E-state index >= 15 is 0 Å². The fourth-order valence-electron chi connectivity index (χ4n) is 2.03. The van der Waals surface area contributed by atoms with Gasteiger partial charge in [0.2, 0.25) is 0 Å². The lowest BCUT2D eigenvalue weighted by Gasteiger charge is -2.08. The lowest BCUT2D eigenvalue weighted by molar-refractivity contribution is -0.385. The predicted octanol–water partition coefficient (Wildman–Crippen LogP) is 4.86. The minimum Gasteiger partial charge on any atom is -0.258 e. The van der Waals surface area contributed by atoms with Crippen molar-refractivity contribution in [1.82, 2.24) is 0 Å². The van der Waals surface area contributed by atoms with Gasteiger partial charge in [-0.2, -0.15) is 0 Å². The molecule has 0 aliphatic carbocycles. The number of rotatable bonds is 5. The van der Waals surface area contributed by atoms with Gasteiger partial charge in [-0.1, -0.05) is 38.1 Å². The predicted molar refractivity (Wildman–Crippen MR) is 85.5 cm³/mol. The average molecular weight is 282 g/mol. The summed E-state index contributed by atoms with van der Waals surface area (Å²) in [6, 6.07) is 14.6. The van der Waals surface area contributed by atoms with Crippen molar-refractivity contribution in [2.24, 2.45) is 4.99 Å². The highest BCUT2D eigenvalue weighted by atomic mass is 16.6. The smallest absolute Gasteiger partial charge is 0.258 e. The van der Waals surface area contributed by atoms with Crippen LogP contribution in [-0.2, 0) is 0 Å². The molecule has 2 aromatic carbocycles. The van der Waals surface area contributed by atoms with Gasteiger partial charge in [-0.25, -0.2) is 0 Å². The number of nitro groups is 1. The van der Waals surface area contributed by atoms with Gasteiger partial charge in [0.05, 0.1) is 16.2 Å². The van der Waals surface area contributed by atoms with Crippen molar-refractivity contribution in [2.75, 3.05) is 0 Å². The zero-order chi connectivity index (χ0) is 15.2. The Kier molecular flexibility index (Phi) is 4.82. The van der Waals surface area contributed by atoms with Gasteiger partial charge < -0.3 is 0 Å². The van der Waals surface area contributed by atoms with Crippen LogP contribution < -0.4 is 0 Å². The van der Waals surface area contributed by atoms with E-state index in [1.54, 1.807) is 18.2 Å². The summed E-state index contributed by atoms with van der Waals surface area (Å²) in [6.07, 6.45) is 2.63. The molecule has 108 valence electrons. The molecule has 1 atom stereocenters. The largest absolute Gasteiger partial charge is 0.278 e. The zero-order valence-electron chi connectivity index (χ0n) is 12.2. The van der Waals surface area contributed by atoms with Crippen molar-refractivity contribution in [3.05, 3.63) is 69.8 Å². The van der Waals surface area contributed by atoms with Crippen LogP contribution in [0.5, 0.6) is 0 Å². The van der Waals surface area contributed by atoms with Crippen LogP contribution >= 0.6 is 0 Å². The second-order valence-corrected chi connectivity index (χ2v) is 4.97. The SMILES string of the molecule is CCC(C)c1ccc(N=Cc2ccccc2[N+](=O)[O-])cc1. The molecule has 0 saturated heterocycles.